The molecule has 41 heavy (non-hydrogen) atoms. The summed E-state index contributed by atoms with van der Waals surface area (Å²) >= 11 is 1.51. The summed E-state index contributed by atoms with van der Waals surface area (Å²) in [6.45, 7) is 2.82. The van der Waals surface area contributed by atoms with Gasteiger partial charge in [0, 0.05) is 18.0 Å². The monoisotopic (exact) mass is 617 g/mol. The highest BCUT2D eigenvalue weighted by molar-refractivity contribution is 7.98. The summed E-state index contributed by atoms with van der Waals surface area (Å²) in [4.78, 5) is 14.1. The molecule has 1 saturated heterocycles. The first-order valence-electron chi connectivity index (χ1n) is 13.3. The third kappa shape index (κ3) is 7.82. The Kier molecular flexibility index (Phi) is 10.3. The van der Waals surface area contributed by atoms with Crippen LogP contribution in [0.15, 0.2) is 87.5 Å². The Hall–Kier alpha value is -3.06. The van der Waals surface area contributed by atoms with Crippen LogP contribution in [-0.2, 0) is 24.8 Å². The van der Waals surface area contributed by atoms with Crippen molar-refractivity contribution in [2.75, 3.05) is 43.3 Å². The number of thioether (sulfide) groups is 1. The first-order chi connectivity index (χ1) is 19.6. The molecule has 1 heterocycles. The summed E-state index contributed by atoms with van der Waals surface area (Å²) in [6.07, 6.45) is 4.69. The molecule has 0 bridgehead atoms. The number of nitrogens with zero attached hydrogens (tertiary/aromatic N) is 2. The summed E-state index contributed by atoms with van der Waals surface area (Å²) < 4.78 is 61.0. The second-order valence-electron chi connectivity index (χ2n) is 9.66. The van der Waals surface area contributed by atoms with Gasteiger partial charge < -0.3 is 10.1 Å². The van der Waals surface area contributed by atoms with Gasteiger partial charge in [-0.15, -0.1) is 11.8 Å². The van der Waals surface area contributed by atoms with Gasteiger partial charge in [-0.2, -0.15) is 4.31 Å². The Bertz CT molecular complexity index is 1520. The number of nitrogens with one attached hydrogen (secondary N) is 1. The van der Waals surface area contributed by atoms with E-state index in [1.54, 1.807) is 48.5 Å². The van der Waals surface area contributed by atoms with Crippen molar-refractivity contribution in [1.29, 1.82) is 0 Å². The zero-order chi connectivity index (χ0) is 29.5. The van der Waals surface area contributed by atoms with Gasteiger partial charge in [-0.25, -0.2) is 16.8 Å². The van der Waals surface area contributed by atoms with E-state index in [4.69, 9.17) is 4.74 Å². The minimum Gasteiger partial charge on any atom is -0.492 e. The standard InChI is InChI=1S/C29H35N3O6S3/c1-23-6-8-24(9-7-23)32(41(36,37)28-16-12-26(39-2)13-17-28)22-29(33)30-18-21-38-25-10-14-27(15-11-25)40(34,35)31-19-4-3-5-20-31/h6-17H,3-5,18-22H2,1-2H3,(H,30,33). The van der Waals surface area contributed by atoms with E-state index in [1.807, 2.05) is 13.2 Å². The normalized spacial score (nSPS) is 14.4. The molecule has 0 aliphatic carbocycles. The molecule has 1 aliphatic rings. The lowest BCUT2D eigenvalue weighted by molar-refractivity contribution is -0.119. The molecule has 9 nitrogen and oxygen atoms in total. The number of carbonyl (C=O) groups excluding carboxylic acids is 1. The van der Waals surface area contributed by atoms with Crippen LogP contribution >= 0.6 is 11.8 Å². The molecule has 220 valence electrons. The number of benzene rings is 3. The van der Waals surface area contributed by atoms with Crippen molar-refractivity contribution in [3.63, 3.8) is 0 Å². The fourth-order valence-corrected chi connectivity index (χ4v) is 7.76. The van der Waals surface area contributed by atoms with Crippen molar-refractivity contribution >= 4 is 43.4 Å². The van der Waals surface area contributed by atoms with E-state index >= 15 is 0 Å². The van der Waals surface area contributed by atoms with E-state index in [-0.39, 0.29) is 22.9 Å². The Morgan fingerprint density at radius 3 is 2.10 bits per heavy atom. The van der Waals surface area contributed by atoms with Crippen molar-refractivity contribution in [2.24, 2.45) is 0 Å². The third-order valence-corrected chi connectivity index (χ3v) is 11.2. The smallest absolute Gasteiger partial charge is 0.264 e. The number of rotatable bonds is 12. The molecule has 3 aromatic carbocycles. The van der Waals surface area contributed by atoms with Gasteiger partial charge in [-0.05, 0) is 86.7 Å². The molecular formula is C29H35N3O6S3. The maximum Gasteiger partial charge on any atom is 0.264 e. The van der Waals surface area contributed by atoms with Gasteiger partial charge in [0.2, 0.25) is 15.9 Å². The van der Waals surface area contributed by atoms with E-state index in [1.165, 1.54) is 40.3 Å². The number of piperidine rings is 1. The lowest BCUT2D eigenvalue weighted by atomic mass is 10.2. The van der Waals surface area contributed by atoms with Crippen LogP contribution in [0, 0.1) is 6.92 Å². The summed E-state index contributed by atoms with van der Waals surface area (Å²) in [6, 6.07) is 19.7. The molecule has 3 aromatic rings. The van der Waals surface area contributed by atoms with Gasteiger partial charge in [0.25, 0.3) is 10.0 Å². The predicted octanol–water partition coefficient (Wildman–Crippen LogP) is 4.28. The van der Waals surface area contributed by atoms with E-state index in [9.17, 15) is 21.6 Å². The van der Waals surface area contributed by atoms with Crippen molar-refractivity contribution in [2.45, 2.75) is 40.9 Å². The molecule has 0 aromatic heterocycles. The van der Waals surface area contributed by atoms with Crippen LogP contribution < -0.4 is 14.4 Å². The number of hydrogen-bond donors (Lipinski definition) is 1. The predicted molar refractivity (Wildman–Crippen MR) is 161 cm³/mol. The molecule has 0 saturated carbocycles. The van der Waals surface area contributed by atoms with Crippen molar-refractivity contribution in [3.05, 3.63) is 78.4 Å². The van der Waals surface area contributed by atoms with Crippen LogP contribution in [0.1, 0.15) is 24.8 Å². The lowest BCUT2D eigenvalue weighted by Crippen LogP contribution is -2.41. The highest BCUT2D eigenvalue weighted by Crippen LogP contribution is 2.26. The van der Waals surface area contributed by atoms with Gasteiger partial charge in [-0.1, -0.05) is 24.1 Å². The van der Waals surface area contributed by atoms with E-state index in [2.05, 4.69) is 5.32 Å². The van der Waals surface area contributed by atoms with Crippen LogP contribution in [0.2, 0.25) is 0 Å². The number of ether oxygens (including phenoxy) is 1. The highest BCUT2D eigenvalue weighted by atomic mass is 32.2. The van der Waals surface area contributed by atoms with Crippen LogP contribution in [0.25, 0.3) is 0 Å². The number of aryl methyl sites for hydroxylation is 1. The molecule has 0 atom stereocenters. The molecule has 4 rings (SSSR count). The largest absolute Gasteiger partial charge is 0.492 e. The number of sulfonamides is 2. The summed E-state index contributed by atoms with van der Waals surface area (Å²) in [5.74, 6) is -0.0177. The maximum absolute atomic E-state index is 13.5. The number of hydrogen-bond acceptors (Lipinski definition) is 7. The molecule has 0 unspecified atom stereocenters. The van der Waals surface area contributed by atoms with Gasteiger partial charge in [0.15, 0.2) is 0 Å². The Morgan fingerprint density at radius 1 is 0.878 bits per heavy atom. The first-order valence-corrected chi connectivity index (χ1v) is 17.4. The molecule has 0 radical (unpaired) electrons. The Labute approximate surface area is 247 Å². The average molecular weight is 618 g/mol. The lowest BCUT2D eigenvalue weighted by Gasteiger charge is -2.25. The van der Waals surface area contributed by atoms with Gasteiger partial charge in [0.05, 0.1) is 22.0 Å². The van der Waals surface area contributed by atoms with Crippen LogP contribution in [0.5, 0.6) is 5.75 Å². The topological polar surface area (TPSA) is 113 Å². The molecule has 12 heteroatoms. The van der Waals surface area contributed by atoms with E-state index < -0.39 is 32.5 Å². The number of carbonyl (C=O) groups is 1. The molecule has 1 aliphatic heterocycles. The number of anilines is 1. The Balaban J connectivity index is 1.35. The molecule has 1 N–H and O–H groups in total. The summed E-state index contributed by atoms with van der Waals surface area (Å²) in [7, 11) is -7.53. The van der Waals surface area contributed by atoms with Crippen molar-refractivity contribution in [1.82, 2.24) is 9.62 Å². The second-order valence-corrected chi connectivity index (χ2v) is 14.3. The minimum atomic E-state index is -4.01. The zero-order valence-corrected chi connectivity index (χ0v) is 25.6. The third-order valence-electron chi connectivity index (χ3n) is 6.73. The summed E-state index contributed by atoms with van der Waals surface area (Å²) in [5.41, 5.74) is 1.35. The second kappa shape index (κ2) is 13.7. The van der Waals surface area contributed by atoms with Crippen LogP contribution in [-0.4, -0.2) is 66.1 Å². The van der Waals surface area contributed by atoms with Gasteiger partial charge >= 0.3 is 0 Å². The van der Waals surface area contributed by atoms with E-state index in [0.29, 0.717) is 24.5 Å². The first kappa shape index (κ1) is 30.9. The zero-order valence-electron chi connectivity index (χ0n) is 23.2. The molecular weight excluding hydrogens is 583 g/mol. The fourth-order valence-electron chi connectivity index (χ4n) is 4.41. The SMILES string of the molecule is CSc1ccc(S(=O)(=O)N(CC(=O)NCCOc2ccc(S(=O)(=O)N3CCCCC3)cc2)c2ccc(C)cc2)cc1. The quantitative estimate of drug-likeness (QED) is 0.238. The molecule has 0 spiro atoms. The van der Waals surface area contributed by atoms with Gasteiger partial charge in [-0.3, -0.25) is 9.10 Å². The maximum atomic E-state index is 13.5. The number of amides is 1. The fraction of sp³-hybridized carbons (Fsp3) is 0.345. The van der Waals surface area contributed by atoms with Crippen molar-refractivity contribution in [3.8, 4) is 5.75 Å². The molecule has 1 amide bonds. The minimum absolute atomic E-state index is 0.0951. The van der Waals surface area contributed by atoms with Crippen LogP contribution in [0.4, 0.5) is 5.69 Å². The van der Waals surface area contributed by atoms with Gasteiger partial charge in [0.1, 0.15) is 18.9 Å². The highest BCUT2D eigenvalue weighted by Gasteiger charge is 2.28. The Morgan fingerprint density at radius 2 is 1.49 bits per heavy atom. The molecule has 1 fully saturated rings. The summed E-state index contributed by atoms with van der Waals surface area (Å²) in [5, 5.41) is 2.71. The van der Waals surface area contributed by atoms with Crippen LogP contribution in [0.3, 0.4) is 0 Å². The van der Waals surface area contributed by atoms with Crippen molar-refractivity contribution < 1.29 is 26.4 Å². The van der Waals surface area contributed by atoms with E-state index in [0.717, 1.165) is 34.0 Å². The average Bonchev–Trinajstić information content (AvgIpc) is 2.99.